The molecule has 0 aromatic carbocycles. The predicted molar refractivity (Wildman–Crippen MR) is 44.2 cm³/mol. The van der Waals surface area contributed by atoms with Crippen molar-refractivity contribution in [1.29, 1.82) is 0 Å². The number of hydrogen-bond acceptors (Lipinski definition) is 2. The first-order valence-electron chi connectivity index (χ1n) is 4.19. The van der Waals surface area contributed by atoms with Crippen molar-refractivity contribution in [2.24, 2.45) is 0 Å². The Bertz CT molecular complexity index is 103. The third kappa shape index (κ3) is 1.50. The molecular weight excluding hydrogens is 124 g/mol. The van der Waals surface area contributed by atoms with Crippen LogP contribution in [-0.2, 0) is 0 Å². The molecule has 2 unspecified atom stereocenters. The molecule has 1 saturated heterocycles. The normalized spacial score (nSPS) is 36.3. The monoisotopic (exact) mass is 142 g/mol. The molecule has 10 heavy (non-hydrogen) atoms. The summed E-state index contributed by atoms with van der Waals surface area (Å²) in [5.41, 5.74) is 0. The maximum Gasteiger partial charge on any atom is 0.0218 e. The summed E-state index contributed by atoms with van der Waals surface area (Å²) in [7, 11) is 2.20. The Morgan fingerprint density at radius 2 is 2.30 bits per heavy atom. The van der Waals surface area contributed by atoms with E-state index >= 15 is 0 Å². The second kappa shape index (κ2) is 3.35. The van der Waals surface area contributed by atoms with Gasteiger partial charge in [0.25, 0.3) is 0 Å². The minimum Gasteiger partial charge on any atom is -0.311 e. The van der Waals surface area contributed by atoms with Crippen molar-refractivity contribution in [3.63, 3.8) is 0 Å². The Hall–Kier alpha value is -0.0800. The zero-order valence-corrected chi connectivity index (χ0v) is 7.22. The van der Waals surface area contributed by atoms with Crippen LogP contribution in [0.5, 0.6) is 0 Å². The molecule has 1 N–H and O–H groups in total. The predicted octanol–water partition coefficient (Wildman–Crippen LogP) is 0.688. The van der Waals surface area contributed by atoms with Crippen molar-refractivity contribution in [2.45, 2.75) is 32.4 Å². The van der Waals surface area contributed by atoms with Crippen molar-refractivity contribution in [1.82, 2.24) is 10.2 Å². The van der Waals surface area contributed by atoms with E-state index in [1.807, 2.05) is 0 Å². The van der Waals surface area contributed by atoms with Crippen LogP contribution < -0.4 is 5.32 Å². The number of piperazine rings is 1. The van der Waals surface area contributed by atoms with Crippen LogP contribution in [0, 0.1) is 0 Å². The van der Waals surface area contributed by atoms with Gasteiger partial charge in [-0.1, -0.05) is 6.92 Å². The molecule has 2 atom stereocenters. The summed E-state index contributed by atoms with van der Waals surface area (Å²) in [6.45, 7) is 6.88. The van der Waals surface area contributed by atoms with E-state index in [0.29, 0.717) is 12.1 Å². The largest absolute Gasteiger partial charge is 0.311 e. The van der Waals surface area contributed by atoms with Crippen LogP contribution in [0.4, 0.5) is 0 Å². The van der Waals surface area contributed by atoms with E-state index in [9.17, 15) is 0 Å². The zero-order chi connectivity index (χ0) is 7.56. The summed E-state index contributed by atoms with van der Waals surface area (Å²) in [6, 6.07) is 1.41. The highest BCUT2D eigenvalue weighted by Gasteiger charge is 2.22. The van der Waals surface area contributed by atoms with Crippen LogP contribution in [0.2, 0.25) is 0 Å². The molecule has 0 aliphatic carbocycles. The molecule has 0 bridgehead atoms. The van der Waals surface area contributed by atoms with Gasteiger partial charge in [-0.3, -0.25) is 0 Å². The van der Waals surface area contributed by atoms with Gasteiger partial charge in [-0.2, -0.15) is 0 Å². The molecule has 0 aromatic rings. The van der Waals surface area contributed by atoms with Gasteiger partial charge < -0.3 is 10.2 Å². The van der Waals surface area contributed by atoms with Crippen molar-refractivity contribution < 1.29 is 0 Å². The summed E-state index contributed by atoms with van der Waals surface area (Å²) in [5, 5.41) is 3.51. The first-order chi connectivity index (χ1) is 4.75. The van der Waals surface area contributed by atoms with Crippen LogP contribution in [0.1, 0.15) is 20.3 Å². The molecular formula is C8H18N2. The van der Waals surface area contributed by atoms with Crippen LogP contribution in [-0.4, -0.2) is 37.1 Å². The highest BCUT2D eigenvalue weighted by molar-refractivity contribution is 4.83. The summed E-state index contributed by atoms with van der Waals surface area (Å²) in [5.74, 6) is 0. The number of hydrogen-bond donors (Lipinski definition) is 1. The van der Waals surface area contributed by atoms with Gasteiger partial charge in [0.1, 0.15) is 0 Å². The van der Waals surface area contributed by atoms with E-state index < -0.39 is 0 Å². The van der Waals surface area contributed by atoms with Gasteiger partial charge in [-0.05, 0) is 20.4 Å². The first kappa shape index (κ1) is 8.02. The highest BCUT2D eigenvalue weighted by Crippen LogP contribution is 2.08. The number of nitrogens with one attached hydrogen (secondary N) is 1. The van der Waals surface area contributed by atoms with E-state index in [1.165, 1.54) is 13.0 Å². The highest BCUT2D eigenvalue weighted by atomic mass is 15.2. The molecule has 1 heterocycles. The molecule has 2 heteroatoms. The Morgan fingerprint density at radius 3 is 2.80 bits per heavy atom. The van der Waals surface area contributed by atoms with E-state index in [2.05, 4.69) is 31.1 Å². The van der Waals surface area contributed by atoms with Gasteiger partial charge in [0, 0.05) is 25.2 Å². The topological polar surface area (TPSA) is 15.3 Å². The lowest BCUT2D eigenvalue weighted by Crippen LogP contribution is -2.54. The van der Waals surface area contributed by atoms with Gasteiger partial charge in [0.05, 0.1) is 0 Å². The number of likely N-dealkylation sites (N-methyl/N-ethyl adjacent to an activating group) is 1. The molecule has 2 nitrogen and oxygen atoms in total. The van der Waals surface area contributed by atoms with Crippen LogP contribution in [0.25, 0.3) is 0 Å². The fourth-order valence-corrected chi connectivity index (χ4v) is 1.59. The average Bonchev–Trinajstić information content (AvgIpc) is 1.95. The quantitative estimate of drug-likeness (QED) is 0.579. The molecule has 1 aliphatic rings. The van der Waals surface area contributed by atoms with E-state index in [4.69, 9.17) is 0 Å². The molecule has 0 saturated carbocycles. The Balaban J connectivity index is 2.42. The summed E-state index contributed by atoms with van der Waals surface area (Å²) >= 11 is 0. The van der Waals surface area contributed by atoms with E-state index in [0.717, 1.165) is 6.54 Å². The van der Waals surface area contributed by atoms with Gasteiger partial charge in [0.2, 0.25) is 0 Å². The smallest absolute Gasteiger partial charge is 0.0218 e. The minimum absolute atomic E-state index is 0.707. The average molecular weight is 142 g/mol. The fraction of sp³-hybridized carbons (Fsp3) is 1.00. The molecule has 0 spiro atoms. The molecule has 1 rings (SSSR count). The van der Waals surface area contributed by atoms with Crippen LogP contribution >= 0.6 is 0 Å². The van der Waals surface area contributed by atoms with Crippen molar-refractivity contribution in [3.8, 4) is 0 Å². The Morgan fingerprint density at radius 1 is 1.60 bits per heavy atom. The number of nitrogens with zero attached hydrogens (tertiary/aromatic N) is 1. The lowest BCUT2D eigenvalue weighted by atomic mass is 10.0. The van der Waals surface area contributed by atoms with Gasteiger partial charge in [-0.15, -0.1) is 0 Å². The van der Waals surface area contributed by atoms with Gasteiger partial charge in [0.15, 0.2) is 0 Å². The Kier molecular flexibility index (Phi) is 2.69. The van der Waals surface area contributed by atoms with E-state index in [-0.39, 0.29) is 0 Å². The van der Waals surface area contributed by atoms with Crippen LogP contribution in [0.3, 0.4) is 0 Å². The first-order valence-corrected chi connectivity index (χ1v) is 4.19. The van der Waals surface area contributed by atoms with Gasteiger partial charge in [-0.25, -0.2) is 0 Å². The standard InChI is InChI=1S/C8H18N2/c1-4-8-7(2)10(3)6-5-9-8/h7-9H,4-6H2,1-3H3. The van der Waals surface area contributed by atoms with Crippen molar-refractivity contribution in [3.05, 3.63) is 0 Å². The molecule has 1 aliphatic heterocycles. The summed E-state index contributed by atoms with van der Waals surface area (Å²) in [4.78, 5) is 2.42. The molecule has 1 fully saturated rings. The second-order valence-electron chi connectivity index (χ2n) is 3.19. The second-order valence-corrected chi connectivity index (χ2v) is 3.19. The molecule has 60 valence electrons. The molecule has 0 amide bonds. The third-order valence-electron chi connectivity index (χ3n) is 2.59. The lowest BCUT2D eigenvalue weighted by molar-refractivity contribution is 0.161. The fourth-order valence-electron chi connectivity index (χ4n) is 1.59. The number of rotatable bonds is 1. The van der Waals surface area contributed by atoms with E-state index in [1.54, 1.807) is 0 Å². The summed E-state index contributed by atoms with van der Waals surface area (Å²) in [6.07, 6.45) is 1.24. The maximum absolute atomic E-state index is 3.51. The SMILES string of the molecule is CCC1NCCN(C)C1C. The zero-order valence-electron chi connectivity index (χ0n) is 7.22. The lowest BCUT2D eigenvalue weighted by Gasteiger charge is -2.37. The van der Waals surface area contributed by atoms with Crippen molar-refractivity contribution >= 4 is 0 Å². The summed E-state index contributed by atoms with van der Waals surface area (Å²) < 4.78 is 0. The van der Waals surface area contributed by atoms with Gasteiger partial charge >= 0.3 is 0 Å². The maximum atomic E-state index is 3.51. The van der Waals surface area contributed by atoms with Crippen molar-refractivity contribution in [2.75, 3.05) is 20.1 Å². The minimum atomic E-state index is 0.707. The Labute approximate surface area is 63.6 Å². The molecule has 0 radical (unpaired) electrons. The third-order valence-corrected chi connectivity index (χ3v) is 2.59. The van der Waals surface area contributed by atoms with Crippen LogP contribution in [0.15, 0.2) is 0 Å². The molecule has 0 aromatic heterocycles.